The van der Waals surface area contributed by atoms with Gasteiger partial charge in [-0.3, -0.25) is 9.97 Å². The molecule has 1 aromatic heterocycles. The van der Waals surface area contributed by atoms with E-state index < -0.39 is 0 Å². The first kappa shape index (κ1) is 12.4. The number of hydrogen-bond acceptors (Lipinski definition) is 4. The Morgan fingerprint density at radius 3 is 2.95 bits per heavy atom. The van der Waals surface area contributed by atoms with Crippen molar-refractivity contribution in [3.05, 3.63) is 30.6 Å². The Kier molecular flexibility index (Phi) is 3.60. The quantitative estimate of drug-likeness (QED) is 0.918. The standard InChI is InChI=1S/C15H19N3O/c1-2-13-9-12(5-8-19-13)18-11-3-4-14-15(10-11)17-7-6-16-14/h3-4,6-7,10,12-13,18H,2,5,8-9H2,1H3. The van der Waals surface area contributed by atoms with E-state index >= 15 is 0 Å². The summed E-state index contributed by atoms with van der Waals surface area (Å²) in [6.45, 7) is 3.03. The average Bonchev–Trinajstić information content (AvgIpc) is 2.47. The van der Waals surface area contributed by atoms with Gasteiger partial charge in [0.25, 0.3) is 0 Å². The lowest BCUT2D eigenvalue weighted by atomic mass is 10.0. The first-order chi connectivity index (χ1) is 9.35. The second kappa shape index (κ2) is 5.53. The predicted molar refractivity (Wildman–Crippen MR) is 76.2 cm³/mol. The monoisotopic (exact) mass is 257 g/mol. The van der Waals surface area contributed by atoms with Crippen LogP contribution in [0, 0.1) is 0 Å². The maximum atomic E-state index is 5.70. The fourth-order valence-electron chi connectivity index (χ4n) is 2.58. The molecule has 0 saturated carbocycles. The van der Waals surface area contributed by atoms with Gasteiger partial charge in [-0.05, 0) is 37.5 Å². The van der Waals surface area contributed by atoms with E-state index in [0.717, 1.165) is 42.6 Å². The van der Waals surface area contributed by atoms with Gasteiger partial charge in [0, 0.05) is 30.7 Å². The third kappa shape index (κ3) is 2.84. The summed E-state index contributed by atoms with van der Waals surface area (Å²) in [5, 5.41) is 3.59. The van der Waals surface area contributed by atoms with Crippen molar-refractivity contribution in [1.82, 2.24) is 9.97 Å². The Bertz CT molecular complexity index is 558. The highest BCUT2D eigenvalue weighted by Gasteiger charge is 2.21. The van der Waals surface area contributed by atoms with Crippen molar-refractivity contribution in [3.8, 4) is 0 Å². The van der Waals surface area contributed by atoms with Crippen LogP contribution in [0.3, 0.4) is 0 Å². The van der Waals surface area contributed by atoms with E-state index in [4.69, 9.17) is 4.74 Å². The number of fused-ring (bicyclic) bond motifs is 1. The Morgan fingerprint density at radius 2 is 2.11 bits per heavy atom. The molecule has 0 amide bonds. The average molecular weight is 257 g/mol. The molecule has 4 heteroatoms. The Morgan fingerprint density at radius 1 is 1.26 bits per heavy atom. The maximum Gasteiger partial charge on any atom is 0.0907 e. The Labute approximate surface area is 113 Å². The molecule has 1 N–H and O–H groups in total. The molecule has 1 aliphatic heterocycles. The minimum Gasteiger partial charge on any atom is -0.382 e. The Hall–Kier alpha value is -1.68. The minimum absolute atomic E-state index is 0.395. The van der Waals surface area contributed by atoms with Crippen LogP contribution in [-0.2, 0) is 4.74 Å². The van der Waals surface area contributed by atoms with Gasteiger partial charge in [-0.15, -0.1) is 0 Å². The second-order valence-corrected chi connectivity index (χ2v) is 5.03. The third-order valence-corrected chi connectivity index (χ3v) is 3.66. The first-order valence-corrected chi connectivity index (χ1v) is 6.94. The lowest BCUT2D eigenvalue weighted by molar-refractivity contribution is 0.00926. The summed E-state index contributed by atoms with van der Waals surface area (Å²) in [4.78, 5) is 8.62. The van der Waals surface area contributed by atoms with Crippen LogP contribution in [-0.4, -0.2) is 28.7 Å². The number of nitrogens with zero attached hydrogens (tertiary/aromatic N) is 2. The predicted octanol–water partition coefficient (Wildman–Crippen LogP) is 3.00. The molecule has 0 bridgehead atoms. The highest BCUT2D eigenvalue weighted by molar-refractivity contribution is 5.78. The number of benzene rings is 1. The number of anilines is 1. The molecule has 2 unspecified atom stereocenters. The van der Waals surface area contributed by atoms with Gasteiger partial charge < -0.3 is 10.1 Å². The molecule has 0 aliphatic carbocycles. The SMILES string of the molecule is CCC1CC(Nc2ccc3nccnc3c2)CCO1. The van der Waals surface area contributed by atoms with Crippen LogP contribution in [0.15, 0.2) is 30.6 Å². The molecule has 2 aromatic rings. The number of hydrogen-bond donors (Lipinski definition) is 1. The summed E-state index contributed by atoms with van der Waals surface area (Å²) in [5.41, 5.74) is 2.99. The molecule has 1 saturated heterocycles. The molecule has 0 spiro atoms. The van der Waals surface area contributed by atoms with Crippen LogP contribution < -0.4 is 5.32 Å². The zero-order valence-corrected chi connectivity index (χ0v) is 11.2. The fourth-order valence-corrected chi connectivity index (χ4v) is 2.58. The van der Waals surface area contributed by atoms with E-state index in [1.165, 1.54) is 0 Å². The van der Waals surface area contributed by atoms with Gasteiger partial charge in [0.1, 0.15) is 0 Å². The van der Waals surface area contributed by atoms with Gasteiger partial charge in [-0.25, -0.2) is 0 Å². The van der Waals surface area contributed by atoms with Crippen molar-refractivity contribution in [2.24, 2.45) is 0 Å². The zero-order chi connectivity index (χ0) is 13.1. The highest BCUT2D eigenvalue weighted by atomic mass is 16.5. The smallest absolute Gasteiger partial charge is 0.0907 e. The van der Waals surface area contributed by atoms with Crippen LogP contribution in [0.1, 0.15) is 26.2 Å². The summed E-state index contributed by atoms with van der Waals surface area (Å²) in [6.07, 6.45) is 7.07. The van der Waals surface area contributed by atoms with Crippen molar-refractivity contribution in [2.75, 3.05) is 11.9 Å². The van der Waals surface area contributed by atoms with Gasteiger partial charge in [-0.1, -0.05) is 6.92 Å². The number of rotatable bonds is 3. The van der Waals surface area contributed by atoms with Crippen molar-refractivity contribution >= 4 is 16.7 Å². The topological polar surface area (TPSA) is 47.0 Å². The first-order valence-electron chi connectivity index (χ1n) is 6.94. The van der Waals surface area contributed by atoms with Crippen LogP contribution in [0.4, 0.5) is 5.69 Å². The van der Waals surface area contributed by atoms with Crippen molar-refractivity contribution in [3.63, 3.8) is 0 Å². The van der Waals surface area contributed by atoms with Crippen molar-refractivity contribution in [2.45, 2.75) is 38.3 Å². The summed E-state index contributed by atoms with van der Waals surface area (Å²) < 4.78 is 5.70. The largest absolute Gasteiger partial charge is 0.382 e. The second-order valence-electron chi connectivity index (χ2n) is 5.03. The van der Waals surface area contributed by atoms with Crippen LogP contribution in [0.25, 0.3) is 11.0 Å². The summed E-state index contributed by atoms with van der Waals surface area (Å²) in [5.74, 6) is 0. The number of nitrogens with one attached hydrogen (secondary N) is 1. The summed E-state index contributed by atoms with van der Waals surface area (Å²) in [6, 6.07) is 6.65. The van der Waals surface area contributed by atoms with Crippen LogP contribution >= 0.6 is 0 Å². The summed E-state index contributed by atoms with van der Waals surface area (Å²) in [7, 11) is 0. The summed E-state index contributed by atoms with van der Waals surface area (Å²) >= 11 is 0. The van der Waals surface area contributed by atoms with E-state index in [9.17, 15) is 0 Å². The Balaban J connectivity index is 1.74. The molecule has 2 heterocycles. The molecule has 0 radical (unpaired) electrons. The van der Waals surface area contributed by atoms with E-state index in [2.05, 4.69) is 34.3 Å². The molecule has 1 aliphatic rings. The minimum atomic E-state index is 0.395. The zero-order valence-electron chi connectivity index (χ0n) is 11.2. The van der Waals surface area contributed by atoms with Gasteiger partial charge in [0.05, 0.1) is 17.1 Å². The van der Waals surface area contributed by atoms with Crippen molar-refractivity contribution < 1.29 is 4.74 Å². The van der Waals surface area contributed by atoms with Crippen molar-refractivity contribution in [1.29, 1.82) is 0 Å². The van der Waals surface area contributed by atoms with Crippen LogP contribution in [0.5, 0.6) is 0 Å². The maximum absolute atomic E-state index is 5.70. The van der Waals surface area contributed by atoms with Gasteiger partial charge in [0.15, 0.2) is 0 Å². The molecule has 2 atom stereocenters. The molecule has 19 heavy (non-hydrogen) atoms. The normalized spacial score (nSPS) is 23.4. The molecular weight excluding hydrogens is 238 g/mol. The molecule has 100 valence electrons. The molecule has 1 aromatic carbocycles. The lowest BCUT2D eigenvalue weighted by Crippen LogP contribution is -2.33. The molecule has 4 nitrogen and oxygen atoms in total. The van der Waals surface area contributed by atoms with Crippen LogP contribution in [0.2, 0.25) is 0 Å². The highest BCUT2D eigenvalue weighted by Crippen LogP contribution is 2.22. The molecule has 1 fully saturated rings. The fraction of sp³-hybridized carbons (Fsp3) is 0.467. The van der Waals surface area contributed by atoms with E-state index in [1.807, 2.05) is 6.07 Å². The van der Waals surface area contributed by atoms with E-state index in [0.29, 0.717) is 12.1 Å². The van der Waals surface area contributed by atoms with Gasteiger partial charge in [-0.2, -0.15) is 0 Å². The van der Waals surface area contributed by atoms with Gasteiger partial charge >= 0.3 is 0 Å². The van der Waals surface area contributed by atoms with E-state index in [1.54, 1.807) is 12.4 Å². The molecule has 3 rings (SSSR count). The van der Waals surface area contributed by atoms with E-state index in [-0.39, 0.29) is 0 Å². The number of ether oxygens (including phenoxy) is 1. The number of aromatic nitrogens is 2. The van der Waals surface area contributed by atoms with Gasteiger partial charge in [0.2, 0.25) is 0 Å². The lowest BCUT2D eigenvalue weighted by Gasteiger charge is -2.30. The molecular formula is C15H19N3O. The third-order valence-electron chi connectivity index (χ3n) is 3.66.